The van der Waals surface area contributed by atoms with Gasteiger partial charge in [0.15, 0.2) is 0 Å². The van der Waals surface area contributed by atoms with Crippen molar-refractivity contribution in [3.8, 4) is 0 Å². The minimum atomic E-state index is -1.38. The number of hydrogen-bond donors (Lipinski definition) is 1. The maximum absolute atomic E-state index is 14.7. The quantitative estimate of drug-likeness (QED) is 0.828. The average Bonchev–Trinajstić information content (AvgIpc) is 2.26. The van der Waals surface area contributed by atoms with E-state index in [0.29, 0.717) is 12.0 Å². The second-order valence-electron chi connectivity index (χ2n) is 5.60. The van der Waals surface area contributed by atoms with Crippen LogP contribution in [0.3, 0.4) is 0 Å². The Morgan fingerprint density at radius 3 is 2.06 bits per heavy atom. The Balaban J connectivity index is 2.79. The van der Waals surface area contributed by atoms with Crippen molar-refractivity contribution in [1.29, 1.82) is 0 Å². The van der Waals surface area contributed by atoms with Gasteiger partial charge in [0.25, 0.3) is 0 Å². The molecule has 1 nitrogen and oxygen atoms in total. The first kappa shape index (κ1) is 13.2. The lowest BCUT2D eigenvalue weighted by Crippen LogP contribution is -2.31. The minimum absolute atomic E-state index is 0.0487. The molecule has 1 rings (SSSR count). The minimum Gasteiger partial charge on any atom is -0.327 e. The van der Waals surface area contributed by atoms with Crippen LogP contribution in [0.15, 0.2) is 30.3 Å². The van der Waals surface area contributed by atoms with Gasteiger partial charge in [-0.15, -0.1) is 0 Å². The molecule has 0 aliphatic rings. The highest BCUT2D eigenvalue weighted by molar-refractivity contribution is 5.22. The van der Waals surface area contributed by atoms with E-state index in [2.05, 4.69) is 20.8 Å². The van der Waals surface area contributed by atoms with Crippen LogP contribution in [-0.2, 0) is 5.67 Å². The molecule has 0 aromatic heterocycles. The van der Waals surface area contributed by atoms with Crippen molar-refractivity contribution in [3.63, 3.8) is 0 Å². The third kappa shape index (κ3) is 3.60. The molecule has 0 amide bonds. The molecule has 0 saturated heterocycles. The lowest BCUT2D eigenvalue weighted by atomic mass is 9.82. The monoisotopic (exact) mass is 223 g/mol. The zero-order chi connectivity index (χ0) is 12.2. The third-order valence-electron chi connectivity index (χ3n) is 2.89. The van der Waals surface area contributed by atoms with Crippen LogP contribution in [-0.4, -0.2) is 6.54 Å². The number of nitrogens with two attached hydrogens (primary N) is 1. The molecule has 0 fully saturated rings. The molecule has 90 valence electrons. The summed E-state index contributed by atoms with van der Waals surface area (Å²) in [6, 6.07) is 9.24. The van der Waals surface area contributed by atoms with E-state index in [-0.39, 0.29) is 12.0 Å². The highest BCUT2D eigenvalue weighted by atomic mass is 19.1. The van der Waals surface area contributed by atoms with E-state index in [1.165, 1.54) is 0 Å². The summed E-state index contributed by atoms with van der Waals surface area (Å²) in [5.74, 6) is 0. The molecule has 0 aliphatic carbocycles. The van der Waals surface area contributed by atoms with Crippen LogP contribution in [0.1, 0.15) is 39.2 Å². The second kappa shape index (κ2) is 4.96. The molecular weight excluding hydrogens is 201 g/mol. The average molecular weight is 223 g/mol. The Morgan fingerprint density at radius 1 is 1.06 bits per heavy atom. The molecule has 1 unspecified atom stereocenters. The van der Waals surface area contributed by atoms with Gasteiger partial charge in [-0.2, -0.15) is 0 Å². The van der Waals surface area contributed by atoms with Crippen LogP contribution in [0.5, 0.6) is 0 Å². The Morgan fingerprint density at radius 2 is 1.62 bits per heavy atom. The van der Waals surface area contributed by atoms with Crippen LogP contribution >= 0.6 is 0 Å². The lowest BCUT2D eigenvalue weighted by molar-refractivity contribution is 0.136. The normalized spacial score (nSPS) is 15.8. The van der Waals surface area contributed by atoms with Gasteiger partial charge in [-0.1, -0.05) is 51.1 Å². The Bertz CT molecular complexity index is 315. The topological polar surface area (TPSA) is 26.0 Å². The first-order valence-electron chi connectivity index (χ1n) is 5.82. The highest BCUT2D eigenvalue weighted by Crippen LogP contribution is 2.34. The Hall–Kier alpha value is -0.890. The van der Waals surface area contributed by atoms with Crippen molar-refractivity contribution in [2.45, 2.75) is 39.3 Å². The second-order valence-corrected chi connectivity index (χ2v) is 5.60. The van der Waals surface area contributed by atoms with Crippen LogP contribution < -0.4 is 5.73 Å². The van der Waals surface area contributed by atoms with Crippen LogP contribution in [0.2, 0.25) is 0 Å². The molecule has 1 aromatic carbocycles. The number of benzene rings is 1. The van der Waals surface area contributed by atoms with E-state index in [9.17, 15) is 4.39 Å². The lowest BCUT2D eigenvalue weighted by Gasteiger charge is -2.28. The zero-order valence-corrected chi connectivity index (χ0v) is 10.5. The van der Waals surface area contributed by atoms with Crippen molar-refractivity contribution in [2.75, 3.05) is 6.54 Å². The molecule has 0 aliphatic heterocycles. The smallest absolute Gasteiger partial charge is 0.148 e. The Labute approximate surface area is 97.9 Å². The van der Waals surface area contributed by atoms with Gasteiger partial charge < -0.3 is 5.73 Å². The predicted molar refractivity (Wildman–Crippen MR) is 67.0 cm³/mol. The van der Waals surface area contributed by atoms with Gasteiger partial charge in [0.1, 0.15) is 5.67 Å². The van der Waals surface area contributed by atoms with Gasteiger partial charge in [0.2, 0.25) is 0 Å². The molecule has 2 N–H and O–H groups in total. The maximum Gasteiger partial charge on any atom is 0.148 e. The molecule has 0 bridgehead atoms. The fourth-order valence-corrected chi connectivity index (χ4v) is 1.67. The van der Waals surface area contributed by atoms with Gasteiger partial charge in [-0.05, 0) is 23.8 Å². The summed E-state index contributed by atoms with van der Waals surface area (Å²) in [5.41, 5.74) is 5.05. The van der Waals surface area contributed by atoms with Crippen LogP contribution in [0.25, 0.3) is 0 Å². The summed E-state index contributed by atoms with van der Waals surface area (Å²) in [5, 5.41) is 0. The van der Waals surface area contributed by atoms with E-state index in [1.54, 1.807) is 0 Å². The van der Waals surface area contributed by atoms with Crippen LogP contribution in [0, 0.1) is 5.41 Å². The molecule has 0 spiro atoms. The predicted octanol–water partition coefficient (Wildman–Crippen LogP) is 3.64. The van der Waals surface area contributed by atoms with Crippen LogP contribution in [0.4, 0.5) is 4.39 Å². The van der Waals surface area contributed by atoms with Gasteiger partial charge in [-0.3, -0.25) is 0 Å². The summed E-state index contributed by atoms with van der Waals surface area (Å²) in [6.07, 6.45) is 1.31. The fraction of sp³-hybridized carbons (Fsp3) is 0.571. The summed E-state index contributed by atoms with van der Waals surface area (Å²) >= 11 is 0. The van der Waals surface area contributed by atoms with Crippen molar-refractivity contribution < 1.29 is 4.39 Å². The maximum atomic E-state index is 14.7. The van der Waals surface area contributed by atoms with E-state index in [0.717, 1.165) is 6.42 Å². The molecule has 0 radical (unpaired) electrons. The van der Waals surface area contributed by atoms with Gasteiger partial charge >= 0.3 is 0 Å². The fourth-order valence-electron chi connectivity index (χ4n) is 1.67. The number of alkyl halides is 1. The van der Waals surface area contributed by atoms with Crippen molar-refractivity contribution in [2.24, 2.45) is 11.1 Å². The summed E-state index contributed by atoms with van der Waals surface area (Å²) in [6.45, 7) is 6.41. The van der Waals surface area contributed by atoms with Crippen molar-refractivity contribution in [1.82, 2.24) is 0 Å². The van der Waals surface area contributed by atoms with E-state index in [1.807, 2.05) is 30.3 Å². The zero-order valence-electron chi connectivity index (χ0n) is 10.5. The summed E-state index contributed by atoms with van der Waals surface area (Å²) < 4.78 is 14.7. The molecule has 2 heteroatoms. The number of hydrogen-bond acceptors (Lipinski definition) is 1. The molecule has 0 heterocycles. The molecule has 1 aromatic rings. The van der Waals surface area contributed by atoms with Crippen molar-refractivity contribution >= 4 is 0 Å². The summed E-state index contributed by atoms with van der Waals surface area (Å²) in [4.78, 5) is 0. The van der Waals surface area contributed by atoms with Gasteiger partial charge in [0.05, 0.1) is 0 Å². The van der Waals surface area contributed by atoms with E-state index < -0.39 is 5.67 Å². The largest absolute Gasteiger partial charge is 0.327 e. The highest BCUT2D eigenvalue weighted by Gasteiger charge is 2.31. The van der Waals surface area contributed by atoms with Crippen molar-refractivity contribution in [3.05, 3.63) is 35.9 Å². The van der Waals surface area contributed by atoms with E-state index in [4.69, 9.17) is 5.73 Å². The first-order valence-corrected chi connectivity index (χ1v) is 5.82. The summed E-state index contributed by atoms with van der Waals surface area (Å²) in [7, 11) is 0. The number of halogens is 1. The standard InChI is InChI=1S/C14H22FN/c1-13(2,3)9-10-14(15,11-16)12-7-5-4-6-8-12/h4-8H,9-11,16H2,1-3H3. The van der Waals surface area contributed by atoms with Gasteiger partial charge in [0, 0.05) is 6.54 Å². The molecule has 0 saturated carbocycles. The van der Waals surface area contributed by atoms with Gasteiger partial charge in [-0.25, -0.2) is 4.39 Å². The molecule has 1 atom stereocenters. The third-order valence-corrected chi connectivity index (χ3v) is 2.89. The molecule has 16 heavy (non-hydrogen) atoms. The SMILES string of the molecule is CC(C)(C)CCC(F)(CN)c1ccccc1. The first-order chi connectivity index (χ1) is 7.37. The van der Waals surface area contributed by atoms with E-state index >= 15 is 0 Å². The molecular formula is C14H22FN. The number of rotatable bonds is 4. The Kier molecular flexibility index (Phi) is 4.09.